The average molecular weight is 233 g/mol. The number of fused-ring (bicyclic) bond motifs is 3. The van der Waals surface area contributed by atoms with E-state index in [2.05, 4.69) is 9.88 Å². The van der Waals surface area contributed by atoms with E-state index in [1.165, 1.54) is 25.9 Å². The molecule has 3 aliphatic heterocycles. The van der Waals surface area contributed by atoms with Crippen molar-refractivity contribution in [3.05, 3.63) is 23.9 Å². The molecule has 0 radical (unpaired) electrons. The van der Waals surface area contributed by atoms with Crippen molar-refractivity contribution in [2.45, 2.75) is 25.5 Å². The Labute approximate surface area is 102 Å². The first kappa shape index (κ1) is 11.0. The molecule has 1 aromatic heterocycles. The van der Waals surface area contributed by atoms with E-state index in [4.69, 9.17) is 10.5 Å². The van der Waals surface area contributed by atoms with Gasteiger partial charge in [-0.05, 0) is 37.9 Å². The van der Waals surface area contributed by atoms with Crippen molar-refractivity contribution in [2.24, 2.45) is 11.7 Å². The fourth-order valence-electron chi connectivity index (χ4n) is 2.87. The van der Waals surface area contributed by atoms with Gasteiger partial charge in [0.25, 0.3) is 0 Å². The summed E-state index contributed by atoms with van der Waals surface area (Å²) in [6.45, 7) is 4.00. The first-order valence-electron chi connectivity index (χ1n) is 6.40. The summed E-state index contributed by atoms with van der Waals surface area (Å²) in [4.78, 5) is 6.79. The lowest BCUT2D eigenvalue weighted by Gasteiger charge is -2.44. The average Bonchev–Trinajstić information content (AvgIpc) is 2.41. The minimum atomic E-state index is 0.303. The number of aromatic nitrogens is 1. The van der Waals surface area contributed by atoms with Crippen molar-refractivity contribution in [3.63, 3.8) is 0 Å². The highest BCUT2D eigenvalue weighted by Gasteiger charge is 2.35. The van der Waals surface area contributed by atoms with Crippen molar-refractivity contribution >= 4 is 0 Å². The van der Waals surface area contributed by atoms with Crippen LogP contribution in [0.25, 0.3) is 0 Å². The van der Waals surface area contributed by atoms with E-state index >= 15 is 0 Å². The van der Waals surface area contributed by atoms with Gasteiger partial charge in [-0.15, -0.1) is 0 Å². The Morgan fingerprint density at radius 2 is 2.24 bits per heavy atom. The zero-order chi connectivity index (χ0) is 11.7. The molecule has 0 aliphatic carbocycles. The minimum Gasteiger partial charge on any atom is -0.472 e. The zero-order valence-electron chi connectivity index (χ0n) is 10.0. The maximum absolute atomic E-state index is 6.08. The van der Waals surface area contributed by atoms with Gasteiger partial charge in [-0.1, -0.05) is 6.07 Å². The highest BCUT2D eigenvalue weighted by molar-refractivity contribution is 5.25. The lowest BCUT2D eigenvalue weighted by Crippen LogP contribution is -2.52. The summed E-state index contributed by atoms with van der Waals surface area (Å²) in [5.41, 5.74) is 6.70. The summed E-state index contributed by atoms with van der Waals surface area (Å²) in [6.07, 6.45) is 4.60. The first-order valence-corrected chi connectivity index (χ1v) is 6.40. The molecule has 4 nitrogen and oxygen atoms in total. The second-order valence-corrected chi connectivity index (χ2v) is 4.97. The van der Waals surface area contributed by atoms with E-state index in [0.717, 1.165) is 18.0 Å². The van der Waals surface area contributed by atoms with E-state index in [0.29, 0.717) is 18.6 Å². The largest absolute Gasteiger partial charge is 0.472 e. The molecule has 0 aromatic carbocycles. The molecule has 0 amide bonds. The van der Waals surface area contributed by atoms with Gasteiger partial charge in [-0.3, -0.25) is 4.90 Å². The summed E-state index contributed by atoms with van der Waals surface area (Å²) in [6, 6.07) is 3.90. The lowest BCUT2D eigenvalue weighted by molar-refractivity contribution is -0.0104. The van der Waals surface area contributed by atoms with Gasteiger partial charge >= 0.3 is 0 Å². The highest BCUT2D eigenvalue weighted by atomic mass is 16.5. The van der Waals surface area contributed by atoms with Gasteiger partial charge in [0.15, 0.2) is 0 Å². The van der Waals surface area contributed by atoms with Gasteiger partial charge in [-0.25, -0.2) is 4.98 Å². The summed E-state index contributed by atoms with van der Waals surface area (Å²) in [5, 5.41) is 0. The number of pyridine rings is 1. The molecule has 1 atom stereocenters. The third-order valence-corrected chi connectivity index (χ3v) is 3.93. The van der Waals surface area contributed by atoms with Crippen LogP contribution in [0, 0.1) is 5.92 Å². The van der Waals surface area contributed by atoms with Crippen LogP contribution in [-0.4, -0.2) is 35.6 Å². The van der Waals surface area contributed by atoms with Crippen molar-refractivity contribution in [2.75, 3.05) is 19.6 Å². The van der Waals surface area contributed by atoms with Crippen LogP contribution in [0.2, 0.25) is 0 Å². The predicted molar refractivity (Wildman–Crippen MR) is 65.7 cm³/mol. The van der Waals surface area contributed by atoms with Crippen LogP contribution >= 0.6 is 0 Å². The molecule has 0 saturated carbocycles. The molecule has 3 saturated heterocycles. The molecule has 4 rings (SSSR count). The lowest BCUT2D eigenvalue weighted by atomic mass is 9.86. The number of hydrogen-bond donors (Lipinski definition) is 1. The molecular formula is C13H19N3O. The second kappa shape index (κ2) is 4.63. The third-order valence-electron chi connectivity index (χ3n) is 3.93. The number of hydrogen-bond acceptors (Lipinski definition) is 4. The Morgan fingerprint density at radius 1 is 1.41 bits per heavy atom. The summed E-state index contributed by atoms with van der Waals surface area (Å²) < 4.78 is 6.08. The van der Waals surface area contributed by atoms with Crippen molar-refractivity contribution in [3.8, 4) is 5.88 Å². The van der Waals surface area contributed by atoms with E-state index < -0.39 is 0 Å². The number of nitrogens with two attached hydrogens (primary N) is 1. The van der Waals surface area contributed by atoms with Gasteiger partial charge in [0, 0.05) is 24.8 Å². The monoisotopic (exact) mass is 233 g/mol. The molecule has 3 aliphatic rings. The second-order valence-electron chi connectivity index (χ2n) is 4.97. The van der Waals surface area contributed by atoms with E-state index in [1.807, 2.05) is 12.1 Å². The van der Waals surface area contributed by atoms with Gasteiger partial charge in [0.2, 0.25) is 5.88 Å². The number of rotatable bonds is 3. The zero-order valence-corrected chi connectivity index (χ0v) is 10.0. The molecule has 92 valence electrons. The van der Waals surface area contributed by atoms with E-state index in [-0.39, 0.29) is 0 Å². The molecule has 1 aromatic rings. The summed E-state index contributed by atoms with van der Waals surface area (Å²) in [5.74, 6) is 1.43. The number of piperidine rings is 3. The SMILES string of the molecule is NCc1cccnc1OC1CN2CCC1CC2. The standard InChI is InChI=1S/C13H19N3O/c14-8-11-2-1-5-15-13(11)17-12-9-16-6-3-10(12)4-7-16/h1-2,5,10,12H,3-4,6-9,14H2. The maximum Gasteiger partial charge on any atom is 0.218 e. The van der Waals surface area contributed by atoms with Gasteiger partial charge in [0.05, 0.1) is 0 Å². The van der Waals surface area contributed by atoms with E-state index in [9.17, 15) is 0 Å². The Balaban J connectivity index is 1.74. The molecular weight excluding hydrogens is 214 g/mol. The molecule has 1 unspecified atom stereocenters. The van der Waals surface area contributed by atoms with Crippen molar-refractivity contribution in [1.82, 2.24) is 9.88 Å². The van der Waals surface area contributed by atoms with Crippen LogP contribution in [0.3, 0.4) is 0 Å². The Kier molecular flexibility index (Phi) is 2.99. The van der Waals surface area contributed by atoms with Crippen LogP contribution in [0.4, 0.5) is 0 Å². The Hall–Kier alpha value is -1.13. The topological polar surface area (TPSA) is 51.4 Å². The Morgan fingerprint density at radius 3 is 2.88 bits per heavy atom. The molecule has 2 bridgehead atoms. The van der Waals surface area contributed by atoms with Crippen LogP contribution in [0.1, 0.15) is 18.4 Å². The summed E-state index contributed by atoms with van der Waals surface area (Å²) >= 11 is 0. The summed E-state index contributed by atoms with van der Waals surface area (Å²) in [7, 11) is 0. The van der Waals surface area contributed by atoms with Crippen LogP contribution in [0.15, 0.2) is 18.3 Å². The van der Waals surface area contributed by atoms with Crippen molar-refractivity contribution < 1.29 is 4.74 Å². The molecule has 4 heterocycles. The fourth-order valence-corrected chi connectivity index (χ4v) is 2.87. The van der Waals surface area contributed by atoms with Crippen LogP contribution in [-0.2, 0) is 6.54 Å². The number of ether oxygens (including phenoxy) is 1. The third kappa shape index (κ3) is 2.15. The fraction of sp³-hybridized carbons (Fsp3) is 0.615. The van der Waals surface area contributed by atoms with Gasteiger partial charge in [0.1, 0.15) is 6.10 Å². The highest BCUT2D eigenvalue weighted by Crippen LogP contribution is 2.30. The van der Waals surface area contributed by atoms with Gasteiger partial charge < -0.3 is 10.5 Å². The van der Waals surface area contributed by atoms with Gasteiger partial charge in [-0.2, -0.15) is 0 Å². The quantitative estimate of drug-likeness (QED) is 0.846. The normalized spacial score (nSPS) is 31.5. The van der Waals surface area contributed by atoms with Crippen LogP contribution in [0.5, 0.6) is 5.88 Å². The van der Waals surface area contributed by atoms with Crippen molar-refractivity contribution in [1.29, 1.82) is 0 Å². The van der Waals surface area contributed by atoms with Crippen LogP contribution < -0.4 is 10.5 Å². The van der Waals surface area contributed by atoms with E-state index in [1.54, 1.807) is 6.20 Å². The smallest absolute Gasteiger partial charge is 0.218 e. The molecule has 2 N–H and O–H groups in total. The maximum atomic E-state index is 6.08. The predicted octanol–water partition coefficient (Wildman–Crippen LogP) is 1.01. The molecule has 17 heavy (non-hydrogen) atoms. The Bertz CT molecular complexity index is 388. The molecule has 0 spiro atoms. The minimum absolute atomic E-state index is 0.303. The molecule has 3 fully saturated rings. The first-order chi connectivity index (χ1) is 8.36. The molecule has 4 heteroatoms. The number of nitrogens with zero attached hydrogens (tertiary/aromatic N) is 2.